The molecule has 0 aromatic heterocycles. The molecule has 78 heavy (non-hydrogen) atoms. The molecule has 452 valence electrons. The molecule has 0 bridgehead atoms. The third-order valence-electron chi connectivity index (χ3n) is 15.0. The van der Waals surface area contributed by atoms with Crippen LogP contribution in [0.5, 0.6) is 0 Å². The van der Waals surface area contributed by atoms with Crippen molar-refractivity contribution in [3.05, 3.63) is 72.9 Å². The fourth-order valence-corrected chi connectivity index (χ4v) is 9.93. The van der Waals surface area contributed by atoms with Crippen molar-refractivity contribution in [3.8, 4) is 0 Å². The average molecular weight is 1090 g/mol. The van der Waals surface area contributed by atoms with Crippen molar-refractivity contribution in [2.75, 3.05) is 13.2 Å². The Morgan fingerprint density at radius 3 is 0.885 bits per heavy atom. The minimum absolute atomic E-state index is 0.104. The van der Waals surface area contributed by atoms with Gasteiger partial charge in [-0.05, 0) is 70.6 Å². The van der Waals surface area contributed by atoms with E-state index in [9.17, 15) is 14.4 Å². The highest BCUT2D eigenvalue weighted by Crippen LogP contribution is 2.18. The second-order valence-corrected chi connectivity index (χ2v) is 22.7. The Balaban J connectivity index is 4.28. The highest BCUT2D eigenvalue weighted by Gasteiger charge is 2.19. The zero-order chi connectivity index (χ0) is 56.4. The van der Waals surface area contributed by atoms with Crippen LogP contribution in [0.4, 0.5) is 0 Å². The summed E-state index contributed by atoms with van der Waals surface area (Å²) in [5.41, 5.74) is 0. The molecule has 0 aliphatic rings. The average Bonchev–Trinajstić information content (AvgIpc) is 3.44. The SMILES string of the molecule is CC/C=C\C/C=C\C/C=C\C/C=C\C/C=C\CC(=O)OCC(COC(=O)CCCCCCCCCCCCCCCCCCCCCCCCCCCCCC)OC(=O)CCCCCCCCC/C=C\CCCCCCCC. The monoisotopic (exact) mass is 1090 g/mol. The fourth-order valence-electron chi connectivity index (χ4n) is 9.93. The van der Waals surface area contributed by atoms with Gasteiger partial charge in [0.05, 0.1) is 6.42 Å². The van der Waals surface area contributed by atoms with E-state index in [2.05, 4.69) is 81.5 Å². The number of hydrogen-bond donors (Lipinski definition) is 0. The predicted octanol–water partition coefficient (Wildman–Crippen LogP) is 23.3. The van der Waals surface area contributed by atoms with Crippen LogP contribution in [0.15, 0.2) is 72.9 Å². The molecule has 0 aliphatic heterocycles. The highest BCUT2D eigenvalue weighted by atomic mass is 16.6. The van der Waals surface area contributed by atoms with Gasteiger partial charge in [0, 0.05) is 12.8 Å². The van der Waals surface area contributed by atoms with Crippen LogP contribution >= 0.6 is 0 Å². The van der Waals surface area contributed by atoms with E-state index in [1.54, 1.807) is 6.08 Å². The largest absolute Gasteiger partial charge is 0.462 e. The predicted molar refractivity (Wildman–Crippen MR) is 339 cm³/mol. The molecule has 6 heteroatoms. The maximum atomic E-state index is 12.9. The molecule has 0 aliphatic carbocycles. The molecule has 0 heterocycles. The molecule has 0 radical (unpaired) electrons. The number of hydrogen-bond acceptors (Lipinski definition) is 6. The lowest BCUT2D eigenvalue weighted by molar-refractivity contribution is -0.166. The van der Waals surface area contributed by atoms with Crippen LogP contribution in [0.3, 0.4) is 0 Å². The molecule has 0 saturated heterocycles. The van der Waals surface area contributed by atoms with E-state index in [0.29, 0.717) is 12.8 Å². The second-order valence-electron chi connectivity index (χ2n) is 22.7. The molecule has 0 fully saturated rings. The van der Waals surface area contributed by atoms with E-state index in [4.69, 9.17) is 14.2 Å². The minimum atomic E-state index is -0.817. The zero-order valence-corrected chi connectivity index (χ0v) is 51.9. The van der Waals surface area contributed by atoms with Crippen molar-refractivity contribution in [2.24, 2.45) is 0 Å². The Morgan fingerprint density at radius 2 is 0.551 bits per heavy atom. The van der Waals surface area contributed by atoms with Crippen molar-refractivity contribution < 1.29 is 28.6 Å². The Hall–Kier alpha value is -3.15. The van der Waals surface area contributed by atoms with Gasteiger partial charge in [-0.15, -0.1) is 0 Å². The van der Waals surface area contributed by atoms with Gasteiger partial charge in [0.1, 0.15) is 13.2 Å². The topological polar surface area (TPSA) is 78.9 Å². The van der Waals surface area contributed by atoms with Crippen LogP contribution in [0, 0.1) is 0 Å². The standard InChI is InChI=1S/C72H128O6/c1-4-7-10-13-16-19-22-25-28-30-31-32-33-34-35-36-37-38-39-40-42-44-47-50-53-56-59-62-65-71(74)77-68-69(67-76-70(73)64-61-58-55-52-49-46-43-27-24-21-18-15-12-9-6-3)78-72(75)66-63-60-57-54-51-48-45-41-29-26-23-20-17-14-11-8-5-2/h9,12,18,21,26-27,29,43,49,52,58,61,69H,4-8,10-11,13-17,19-20,22-25,28,30-42,44-48,50-51,53-57,59-60,62-68H2,1-3H3/b12-9-,21-18-,29-26-,43-27-,52-49-,61-58-. The number of rotatable bonds is 62. The van der Waals surface area contributed by atoms with E-state index in [-0.39, 0.29) is 31.6 Å². The Labute approximate surface area is 484 Å². The number of allylic oxidation sites excluding steroid dienone is 11. The van der Waals surface area contributed by atoms with E-state index >= 15 is 0 Å². The zero-order valence-electron chi connectivity index (χ0n) is 51.9. The lowest BCUT2D eigenvalue weighted by Crippen LogP contribution is -2.30. The van der Waals surface area contributed by atoms with Crippen LogP contribution in [0.2, 0.25) is 0 Å². The summed E-state index contributed by atoms with van der Waals surface area (Å²) < 4.78 is 16.8. The first-order chi connectivity index (χ1) is 38.5. The first-order valence-electron chi connectivity index (χ1n) is 33.9. The molecule has 0 rings (SSSR count). The summed E-state index contributed by atoms with van der Waals surface area (Å²) >= 11 is 0. The molecule has 0 saturated carbocycles. The van der Waals surface area contributed by atoms with Crippen LogP contribution in [0.1, 0.15) is 348 Å². The number of ether oxygens (including phenoxy) is 3. The fraction of sp³-hybridized carbons (Fsp3) is 0.792. The highest BCUT2D eigenvalue weighted by molar-refractivity contribution is 5.72. The van der Waals surface area contributed by atoms with Crippen molar-refractivity contribution in [1.82, 2.24) is 0 Å². The summed E-state index contributed by atoms with van der Waals surface area (Å²) in [5.74, 6) is -1.03. The third-order valence-corrected chi connectivity index (χ3v) is 15.0. The molecule has 0 aromatic carbocycles. The Bertz CT molecular complexity index is 1440. The quantitative estimate of drug-likeness (QED) is 0.0261. The van der Waals surface area contributed by atoms with E-state index < -0.39 is 12.1 Å². The molecular formula is C72H128O6. The van der Waals surface area contributed by atoms with Gasteiger partial charge < -0.3 is 14.2 Å². The molecule has 0 aromatic rings. The van der Waals surface area contributed by atoms with Gasteiger partial charge in [0.25, 0.3) is 0 Å². The van der Waals surface area contributed by atoms with Gasteiger partial charge in [0.2, 0.25) is 0 Å². The third kappa shape index (κ3) is 63.7. The summed E-state index contributed by atoms with van der Waals surface area (Å²) in [6, 6.07) is 0. The van der Waals surface area contributed by atoms with Gasteiger partial charge in [-0.3, -0.25) is 14.4 Å². The second kappa shape index (κ2) is 66.4. The van der Waals surface area contributed by atoms with Gasteiger partial charge in [-0.1, -0.05) is 331 Å². The summed E-state index contributed by atoms with van der Waals surface area (Å²) in [4.78, 5) is 38.3. The van der Waals surface area contributed by atoms with Gasteiger partial charge in [-0.25, -0.2) is 0 Å². The summed E-state index contributed by atoms with van der Waals surface area (Å²) in [6.45, 7) is 6.48. The van der Waals surface area contributed by atoms with E-state index in [1.807, 2.05) is 6.08 Å². The number of carbonyl (C=O) groups excluding carboxylic acids is 3. The first-order valence-corrected chi connectivity index (χ1v) is 33.9. The van der Waals surface area contributed by atoms with Crippen LogP contribution < -0.4 is 0 Å². The Kier molecular flexibility index (Phi) is 63.7. The molecule has 0 N–H and O–H groups in total. The smallest absolute Gasteiger partial charge is 0.309 e. The first kappa shape index (κ1) is 74.8. The molecule has 6 nitrogen and oxygen atoms in total. The summed E-state index contributed by atoms with van der Waals surface area (Å²) in [7, 11) is 0. The van der Waals surface area contributed by atoms with Gasteiger partial charge >= 0.3 is 17.9 Å². The maximum Gasteiger partial charge on any atom is 0.309 e. The van der Waals surface area contributed by atoms with E-state index in [1.165, 1.54) is 238 Å². The molecule has 0 amide bonds. The van der Waals surface area contributed by atoms with Gasteiger partial charge in [0.15, 0.2) is 6.10 Å². The maximum absolute atomic E-state index is 12.9. The van der Waals surface area contributed by atoms with Crippen LogP contribution in [-0.4, -0.2) is 37.2 Å². The molecular weight excluding hydrogens is 961 g/mol. The van der Waals surface area contributed by atoms with Crippen molar-refractivity contribution >= 4 is 17.9 Å². The lowest BCUT2D eigenvalue weighted by atomic mass is 10.0. The number of esters is 3. The van der Waals surface area contributed by atoms with Crippen molar-refractivity contribution in [1.29, 1.82) is 0 Å². The van der Waals surface area contributed by atoms with Crippen molar-refractivity contribution in [3.63, 3.8) is 0 Å². The Morgan fingerprint density at radius 1 is 0.282 bits per heavy atom. The van der Waals surface area contributed by atoms with Crippen LogP contribution in [0.25, 0.3) is 0 Å². The summed E-state index contributed by atoms with van der Waals surface area (Å²) in [5, 5.41) is 0. The molecule has 1 atom stereocenters. The van der Waals surface area contributed by atoms with Crippen LogP contribution in [-0.2, 0) is 28.6 Å². The van der Waals surface area contributed by atoms with Crippen molar-refractivity contribution in [2.45, 2.75) is 354 Å². The molecule has 0 spiro atoms. The minimum Gasteiger partial charge on any atom is -0.462 e. The van der Waals surface area contributed by atoms with Gasteiger partial charge in [-0.2, -0.15) is 0 Å². The molecule has 1 unspecified atom stereocenters. The number of unbranched alkanes of at least 4 members (excludes halogenated alkanes) is 40. The van der Waals surface area contributed by atoms with E-state index in [0.717, 1.165) is 70.6 Å². The summed E-state index contributed by atoms with van der Waals surface area (Å²) in [6.07, 6.45) is 86.8. The number of carbonyl (C=O) groups is 3. The normalized spacial score (nSPS) is 12.5. The lowest BCUT2D eigenvalue weighted by Gasteiger charge is -2.18.